The van der Waals surface area contributed by atoms with Gasteiger partial charge in [-0.25, -0.2) is 9.18 Å². The molecule has 5 rings (SSSR count). The van der Waals surface area contributed by atoms with Gasteiger partial charge in [0.1, 0.15) is 18.0 Å². The van der Waals surface area contributed by atoms with Crippen molar-refractivity contribution in [1.82, 2.24) is 20.4 Å². The van der Waals surface area contributed by atoms with Gasteiger partial charge in [-0.15, -0.1) is 0 Å². The molecule has 11 nitrogen and oxygen atoms in total. The number of halogens is 1. The molecule has 1 saturated heterocycles. The van der Waals surface area contributed by atoms with Gasteiger partial charge in [-0.3, -0.25) is 29.4 Å². The summed E-state index contributed by atoms with van der Waals surface area (Å²) in [6, 6.07) is 2.78. The van der Waals surface area contributed by atoms with Crippen LogP contribution in [0.15, 0.2) is 30.4 Å². The predicted molar refractivity (Wildman–Crippen MR) is 164 cm³/mol. The molecule has 4 aliphatic rings. The Bertz CT molecular complexity index is 1480. The molecule has 2 N–H and O–H groups in total. The van der Waals surface area contributed by atoms with Crippen LogP contribution >= 0.6 is 0 Å². The van der Waals surface area contributed by atoms with Gasteiger partial charge in [0.15, 0.2) is 12.0 Å². The monoisotopic (exact) mass is 635 g/mol. The third-order valence-electron chi connectivity index (χ3n) is 9.63. The fourth-order valence-electron chi connectivity index (χ4n) is 6.77. The van der Waals surface area contributed by atoms with Crippen molar-refractivity contribution in [1.29, 1.82) is 5.26 Å². The molecule has 1 aromatic carbocycles. The normalized spacial score (nSPS) is 28.8. The van der Waals surface area contributed by atoms with Crippen LogP contribution in [0.5, 0.6) is 0 Å². The van der Waals surface area contributed by atoms with Gasteiger partial charge in [-0.2, -0.15) is 5.26 Å². The molecule has 46 heavy (non-hydrogen) atoms. The number of amides is 4. The summed E-state index contributed by atoms with van der Waals surface area (Å²) >= 11 is 0. The number of ether oxygens (including phenoxy) is 1. The largest absolute Gasteiger partial charge is 0.444 e. The fraction of sp³-hybridized carbons (Fsp3) is 0.588. The van der Waals surface area contributed by atoms with Gasteiger partial charge in [0, 0.05) is 30.4 Å². The molecule has 3 heterocycles. The first kappa shape index (κ1) is 33.1. The van der Waals surface area contributed by atoms with Crippen molar-refractivity contribution in [2.75, 3.05) is 6.54 Å². The lowest BCUT2D eigenvalue weighted by atomic mass is 9.91. The Kier molecular flexibility index (Phi) is 9.52. The third-order valence-corrected chi connectivity index (χ3v) is 9.63. The molecule has 5 atom stereocenters. The van der Waals surface area contributed by atoms with Gasteiger partial charge in [-0.1, -0.05) is 57.9 Å². The van der Waals surface area contributed by atoms with Crippen molar-refractivity contribution < 1.29 is 33.1 Å². The Morgan fingerprint density at radius 3 is 2.63 bits per heavy atom. The molecule has 1 aromatic rings. The smallest absolute Gasteiger partial charge is 0.410 e. The van der Waals surface area contributed by atoms with Crippen molar-refractivity contribution in [2.45, 2.75) is 103 Å². The topological polar surface area (TPSA) is 149 Å². The van der Waals surface area contributed by atoms with Crippen LogP contribution in [0.25, 0.3) is 0 Å². The van der Waals surface area contributed by atoms with Crippen molar-refractivity contribution in [3.63, 3.8) is 0 Å². The van der Waals surface area contributed by atoms with Crippen LogP contribution in [-0.2, 0) is 37.0 Å². The van der Waals surface area contributed by atoms with E-state index >= 15 is 0 Å². The fourth-order valence-corrected chi connectivity index (χ4v) is 6.77. The maximum absolute atomic E-state index is 14.3. The summed E-state index contributed by atoms with van der Waals surface area (Å²) in [5.41, 5.74) is -0.740. The van der Waals surface area contributed by atoms with Gasteiger partial charge in [0.2, 0.25) is 17.7 Å². The van der Waals surface area contributed by atoms with Crippen molar-refractivity contribution in [3.05, 3.63) is 47.3 Å². The van der Waals surface area contributed by atoms with Crippen LogP contribution in [0.4, 0.5) is 9.18 Å². The van der Waals surface area contributed by atoms with Crippen LogP contribution in [0.1, 0.15) is 83.3 Å². The van der Waals surface area contributed by atoms with E-state index in [9.17, 15) is 28.4 Å². The summed E-state index contributed by atoms with van der Waals surface area (Å²) in [7, 11) is 0. The number of nitriles is 1. The molecular weight excluding hydrogens is 593 g/mol. The molecule has 1 aliphatic carbocycles. The number of ketones is 1. The molecule has 12 heteroatoms. The van der Waals surface area contributed by atoms with E-state index in [1.165, 1.54) is 15.9 Å². The average molecular weight is 636 g/mol. The Hall–Kier alpha value is -4.27. The number of Topliss-reactive ketones (excluding diaryl/α,β-unsaturated/α-hetero) is 1. The second-order valence-electron chi connectivity index (χ2n) is 14.0. The lowest BCUT2D eigenvalue weighted by molar-refractivity contribution is -0.143. The highest BCUT2D eigenvalue weighted by atomic mass is 19.1. The molecule has 0 aromatic heterocycles. The van der Waals surface area contributed by atoms with Crippen molar-refractivity contribution >= 4 is 29.6 Å². The second kappa shape index (κ2) is 13.2. The highest BCUT2D eigenvalue weighted by molar-refractivity contribution is 5.98. The average Bonchev–Trinajstić information content (AvgIpc) is 3.30. The minimum Gasteiger partial charge on any atom is -0.444 e. The van der Waals surface area contributed by atoms with Crippen molar-refractivity contribution in [2.24, 2.45) is 16.7 Å². The Labute approximate surface area is 268 Å². The number of benzene rings is 1. The van der Waals surface area contributed by atoms with Crippen LogP contribution in [-0.4, -0.2) is 64.1 Å². The molecule has 1 saturated carbocycles. The first-order valence-electron chi connectivity index (χ1n) is 16.1. The zero-order valence-corrected chi connectivity index (χ0v) is 26.6. The van der Waals surface area contributed by atoms with Crippen LogP contribution in [0.2, 0.25) is 0 Å². The molecule has 4 amide bonds. The number of hydrogen-bond acceptors (Lipinski definition) is 7. The summed E-state index contributed by atoms with van der Waals surface area (Å²) in [5.74, 6) is -2.27. The number of carbonyl (C=O) groups excluding carboxylic acids is 5. The van der Waals surface area contributed by atoms with E-state index in [4.69, 9.17) is 10.00 Å². The standard InChI is InChI=1S/C34H42FN5O6/c1-33(2,3)30(43)38-26-13-8-6-4-5-7-11-22-15-34(22,31(44)37-20-36)16-28(41)27-14-23(18-40(27)29(26)42)46-32(45)39-17-21-10-9-12-25(35)24(21)19-39/h7,9-12,22-23,26-27H,4-6,8,13-19H2,1-3H3,(H,37,44)(H,38,43)/b11-7-/t22-,23-,26+,27?,34-/m1/s1. The molecule has 0 bridgehead atoms. The van der Waals surface area contributed by atoms with E-state index in [1.54, 1.807) is 39.1 Å². The molecule has 2 fully saturated rings. The number of nitrogens with zero attached hydrogens (tertiary/aromatic N) is 3. The SMILES string of the molecule is CC(C)(C)C(=O)N[C@H]1CCCCC/C=C\[C@@H]2C[C@@]2(C(=O)NC#N)CC(=O)C2C[C@@H](OC(=O)N3Cc4cccc(F)c4C3)CN2C1=O. The molecule has 246 valence electrons. The van der Waals surface area contributed by atoms with E-state index in [0.29, 0.717) is 30.4 Å². The first-order valence-corrected chi connectivity index (χ1v) is 16.1. The summed E-state index contributed by atoms with van der Waals surface area (Å²) in [5, 5.41) is 14.3. The Morgan fingerprint density at radius 2 is 1.91 bits per heavy atom. The highest BCUT2D eigenvalue weighted by Crippen LogP contribution is 2.57. The predicted octanol–water partition coefficient (Wildman–Crippen LogP) is 3.86. The molecule has 3 aliphatic heterocycles. The number of allylic oxidation sites excluding steroid dienone is 2. The number of fused-ring (bicyclic) bond motifs is 3. The van der Waals surface area contributed by atoms with Gasteiger partial charge in [0.05, 0.1) is 24.5 Å². The molecule has 1 unspecified atom stereocenters. The van der Waals surface area contributed by atoms with E-state index in [1.807, 2.05) is 12.2 Å². The quantitative estimate of drug-likeness (QED) is 0.291. The number of rotatable bonds is 3. The third kappa shape index (κ3) is 6.93. The van der Waals surface area contributed by atoms with Gasteiger partial charge < -0.3 is 15.0 Å². The molecular formula is C34H42FN5O6. The van der Waals surface area contributed by atoms with Gasteiger partial charge in [0.25, 0.3) is 0 Å². The van der Waals surface area contributed by atoms with E-state index in [-0.39, 0.29) is 50.1 Å². The lowest BCUT2D eigenvalue weighted by Gasteiger charge is -2.30. The van der Waals surface area contributed by atoms with E-state index in [0.717, 1.165) is 19.3 Å². The summed E-state index contributed by atoms with van der Waals surface area (Å²) in [4.78, 5) is 70.3. The maximum Gasteiger partial charge on any atom is 0.410 e. The maximum atomic E-state index is 14.3. The Balaban J connectivity index is 1.40. The summed E-state index contributed by atoms with van der Waals surface area (Å²) in [6.45, 7) is 5.41. The van der Waals surface area contributed by atoms with Crippen molar-refractivity contribution in [3.8, 4) is 6.19 Å². The van der Waals surface area contributed by atoms with Crippen LogP contribution in [0, 0.1) is 34.0 Å². The van der Waals surface area contributed by atoms with E-state index < -0.39 is 52.7 Å². The van der Waals surface area contributed by atoms with Crippen LogP contribution in [0.3, 0.4) is 0 Å². The molecule has 0 radical (unpaired) electrons. The van der Waals surface area contributed by atoms with Crippen LogP contribution < -0.4 is 10.6 Å². The summed E-state index contributed by atoms with van der Waals surface area (Å²) < 4.78 is 20.1. The number of carbonyl (C=O) groups is 5. The number of hydrogen-bond donors (Lipinski definition) is 2. The first-order chi connectivity index (χ1) is 21.8. The minimum atomic E-state index is -1.10. The zero-order chi connectivity index (χ0) is 33.2. The number of nitrogens with one attached hydrogen (secondary N) is 2. The Morgan fingerprint density at radius 1 is 1.13 bits per heavy atom. The highest BCUT2D eigenvalue weighted by Gasteiger charge is 2.60. The summed E-state index contributed by atoms with van der Waals surface area (Å²) in [6.07, 6.45) is 7.80. The van der Waals surface area contributed by atoms with E-state index in [2.05, 4.69) is 10.6 Å². The second-order valence-corrected chi connectivity index (χ2v) is 14.0. The van der Waals surface area contributed by atoms with Gasteiger partial charge >= 0.3 is 6.09 Å². The minimum absolute atomic E-state index is 0.0157. The van der Waals surface area contributed by atoms with Gasteiger partial charge in [-0.05, 0) is 43.2 Å². The lowest BCUT2D eigenvalue weighted by Crippen LogP contribution is -2.54. The zero-order valence-electron chi connectivity index (χ0n) is 26.6. The molecule has 0 spiro atoms.